The summed E-state index contributed by atoms with van der Waals surface area (Å²) in [5.74, 6) is 0.760. The van der Waals surface area contributed by atoms with Gasteiger partial charge in [0.2, 0.25) is 0 Å². The minimum absolute atomic E-state index is 0.126. The summed E-state index contributed by atoms with van der Waals surface area (Å²) < 4.78 is 5.55. The summed E-state index contributed by atoms with van der Waals surface area (Å²) in [7, 11) is 0. The van der Waals surface area contributed by atoms with E-state index in [1.807, 2.05) is 24.3 Å². The normalized spacial score (nSPS) is 12.8. The number of carbonyl (C=O) groups excluding carboxylic acids is 1. The zero-order chi connectivity index (χ0) is 13.8. The van der Waals surface area contributed by atoms with Crippen LogP contribution in [0.3, 0.4) is 0 Å². The number of hydrogen-bond donors (Lipinski definition) is 1. The monoisotopic (exact) mass is 323 g/mol. The van der Waals surface area contributed by atoms with Gasteiger partial charge in [0.1, 0.15) is 5.58 Å². The molecule has 0 aliphatic rings. The van der Waals surface area contributed by atoms with Crippen molar-refractivity contribution in [3.8, 4) is 0 Å². The number of alkyl halides is 1. The largest absolute Gasteiger partial charge is 0.451 e. The highest BCUT2D eigenvalue weighted by molar-refractivity contribution is 9.09. The Kier molecular flexibility index (Phi) is 4.64. The van der Waals surface area contributed by atoms with Crippen LogP contribution in [0.25, 0.3) is 11.0 Å². The molecule has 4 heteroatoms. The van der Waals surface area contributed by atoms with E-state index in [2.05, 4.69) is 35.1 Å². The molecule has 0 radical (unpaired) electrons. The van der Waals surface area contributed by atoms with Crippen molar-refractivity contribution >= 4 is 32.8 Å². The first-order valence-corrected chi connectivity index (χ1v) is 7.57. The summed E-state index contributed by atoms with van der Waals surface area (Å²) >= 11 is 3.43. The van der Waals surface area contributed by atoms with Gasteiger partial charge in [-0.3, -0.25) is 4.79 Å². The van der Waals surface area contributed by atoms with Gasteiger partial charge < -0.3 is 9.73 Å². The average molecular weight is 324 g/mol. The summed E-state index contributed by atoms with van der Waals surface area (Å²) in [6.07, 6.45) is 0.942. The van der Waals surface area contributed by atoms with Crippen molar-refractivity contribution in [2.75, 3.05) is 5.33 Å². The third kappa shape index (κ3) is 3.60. The SMILES string of the molecule is CC(C)CC(CBr)NC(=O)c1cc2ccccc2o1. The molecule has 1 N–H and O–H groups in total. The molecule has 0 bridgehead atoms. The molecule has 1 aromatic heterocycles. The standard InChI is InChI=1S/C15H18BrNO2/c1-10(2)7-12(9-16)17-15(18)14-8-11-5-3-4-6-13(11)19-14/h3-6,8,10,12H,7,9H2,1-2H3,(H,17,18). The molecular formula is C15H18BrNO2. The van der Waals surface area contributed by atoms with Crippen molar-refractivity contribution in [1.82, 2.24) is 5.32 Å². The van der Waals surface area contributed by atoms with E-state index in [9.17, 15) is 4.79 Å². The van der Waals surface area contributed by atoms with E-state index in [1.54, 1.807) is 6.07 Å². The molecule has 3 nitrogen and oxygen atoms in total. The Bertz CT molecular complexity index is 529. The number of halogens is 1. The third-order valence-corrected chi connectivity index (χ3v) is 3.71. The number of hydrogen-bond acceptors (Lipinski definition) is 2. The van der Waals surface area contributed by atoms with E-state index in [0.29, 0.717) is 11.7 Å². The summed E-state index contributed by atoms with van der Waals surface area (Å²) in [6, 6.07) is 9.53. The van der Waals surface area contributed by atoms with Crippen LogP contribution in [0.5, 0.6) is 0 Å². The van der Waals surface area contributed by atoms with E-state index in [0.717, 1.165) is 22.7 Å². The Morgan fingerprint density at radius 2 is 2.11 bits per heavy atom. The highest BCUT2D eigenvalue weighted by Gasteiger charge is 2.17. The third-order valence-electron chi connectivity index (χ3n) is 2.93. The lowest BCUT2D eigenvalue weighted by atomic mass is 10.1. The second kappa shape index (κ2) is 6.24. The first-order valence-electron chi connectivity index (χ1n) is 6.45. The highest BCUT2D eigenvalue weighted by atomic mass is 79.9. The van der Waals surface area contributed by atoms with Gasteiger partial charge in [0.25, 0.3) is 5.91 Å². The van der Waals surface area contributed by atoms with Gasteiger partial charge >= 0.3 is 0 Å². The van der Waals surface area contributed by atoms with Gasteiger partial charge in [-0.1, -0.05) is 48.0 Å². The number of benzene rings is 1. The van der Waals surface area contributed by atoms with E-state index < -0.39 is 0 Å². The topological polar surface area (TPSA) is 42.2 Å². The quantitative estimate of drug-likeness (QED) is 0.846. The molecule has 1 unspecified atom stereocenters. The van der Waals surface area contributed by atoms with Crippen molar-refractivity contribution in [1.29, 1.82) is 0 Å². The molecule has 1 aromatic carbocycles. The second-order valence-corrected chi connectivity index (χ2v) is 5.75. The summed E-state index contributed by atoms with van der Waals surface area (Å²) in [5.41, 5.74) is 0.743. The molecule has 1 amide bonds. The molecule has 102 valence electrons. The molecule has 0 saturated heterocycles. The fourth-order valence-electron chi connectivity index (χ4n) is 2.08. The van der Waals surface area contributed by atoms with E-state index in [-0.39, 0.29) is 11.9 Å². The zero-order valence-corrected chi connectivity index (χ0v) is 12.7. The Morgan fingerprint density at radius 1 is 1.37 bits per heavy atom. The molecular weight excluding hydrogens is 306 g/mol. The predicted octanol–water partition coefficient (Wildman–Crippen LogP) is 3.97. The van der Waals surface area contributed by atoms with Crippen molar-refractivity contribution in [2.24, 2.45) is 5.92 Å². The molecule has 19 heavy (non-hydrogen) atoms. The molecule has 1 heterocycles. The minimum atomic E-state index is -0.152. The summed E-state index contributed by atoms with van der Waals surface area (Å²) in [6.45, 7) is 4.28. The van der Waals surface area contributed by atoms with Gasteiger partial charge in [-0.2, -0.15) is 0 Å². The fraction of sp³-hybridized carbons (Fsp3) is 0.400. The molecule has 2 rings (SSSR count). The zero-order valence-electron chi connectivity index (χ0n) is 11.2. The lowest BCUT2D eigenvalue weighted by Crippen LogP contribution is -2.36. The fourth-order valence-corrected chi connectivity index (χ4v) is 2.51. The molecule has 0 spiro atoms. The first-order chi connectivity index (χ1) is 9.10. The van der Waals surface area contributed by atoms with Crippen LogP contribution in [-0.2, 0) is 0 Å². The van der Waals surface area contributed by atoms with Gasteiger partial charge in [-0.25, -0.2) is 0 Å². The van der Waals surface area contributed by atoms with Gasteiger partial charge in [-0.15, -0.1) is 0 Å². The molecule has 0 saturated carbocycles. The first kappa shape index (κ1) is 14.1. The van der Waals surface area contributed by atoms with Crippen molar-refractivity contribution in [3.63, 3.8) is 0 Å². The molecule has 2 aromatic rings. The maximum Gasteiger partial charge on any atom is 0.287 e. The van der Waals surface area contributed by atoms with Gasteiger partial charge in [0.05, 0.1) is 0 Å². The minimum Gasteiger partial charge on any atom is -0.451 e. The Balaban J connectivity index is 2.10. The predicted molar refractivity (Wildman–Crippen MR) is 80.7 cm³/mol. The van der Waals surface area contributed by atoms with Crippen LogP contribution in [0, 0.1) is 5.92 Å². The van der Waals surface area contributed by atoms with Crippen LogP contribution in [0.15, 0.2) is 34.7 Å². The van der Waals surface area contributed by atoms with Crippen LogP contribution < -0.4 is 5.32 Å². The number of carbonyl (C=O) groups is 1. The lowest BCUT2D eigenvalue weighted by Gasteiger charge is -2.17. The van der Waals surface area contributed by atoms with Gasteiger partial charge in [0.15, 0.2) is 5.76 Å². The number of para-hydroxylation sites is 1. The summed E-state index contributed by atoms with van der Waals surface area (Å²) in [4.78, 5) is 12.1. The van der Waals surface area contributed by atoms with Crippen LogP contribution >= 0.6 is 15.9 Å². The lowest BCUT2D eigenvalue weighted by molar-refractivity contribution is 0.0911. The molecule has 0 aliphatic heterocycles. The van der Waals surface area contributed by atoms with E-state index in [4.69, 9.17) is 4.42 Å². The summed E-state index contributed by atoms with van der Waals surface area (Å²) in [5, 5.41) is 4.69. The molecule has 0 fully saturated rings. The highest BCUT2D eigenvalue weighted by Crippen LogP contribution is 2.19. The van der Waals surface area contributed by atoms with E-state index in [1.165, 1.54) is 0 Å². The van der Waals surface area contributed by atoms with Gasteiger partial charge in [-0.05, 0) is 24.5 Å². The smallest absolute Gasteiger partial charge is 0.287 e. The molecule has 0 aliphatic carbocycles. The van der Waals surface area contributed by atoms with Crippen LogP contribution in [0.2, 0.25) is 0 Å². The Hall–Kier alpha value is -1.29. The number of furan rings is 1. The number of fused-ring (bicyclic) bond motifs is 1. The van der Waals surface area contributed by atoms with Crippen LogP contribution in [-0.4, -0.2) is 17.3 Å². The van der Waals surface area contributed by atoms with Gasteiger partial charge in [0, 0.05) is 16.8 Å². The van der Waals surface area contributed by atoms with Crippen LogP contribution in [0.1, 0.15) is 30.8 Å². The average Bonchev–Trinajstić information content (AvgIpc) is 2.81. The van der Waals surface area contributed by atoms with Crippen LogP contribution in [0.4, 0.5) is 0 Å². The van der Waals surface area contributed by atoms with Crippen molar-refractivity contribution in [2.45, 2.75) is 26.3 Å². The van der Waals surface area contributed by atoms with Crippen molar-refractivity contribution < 1.29 is 9.21 Å². The van der Waals surface area contributed by atoms with E-state index >= 15 is 0 Å². The Labute approximate surface area is 121 Å². The maximum atomic E-state index is 12.1. The number of nitrogens with one attached hydrogen (secondary N) is 1. The second-order valence-electron chi connectivity index (χ2n) is 5.10. The Morgan fingerprint density at radius 3 is 2.74 bits per heavy atom. The molecule has 1 atom stereocenters. The number of rotatable bonds is 5. The van der Waals surface area contributed by atoms with Crippen molar-refractivity contribution in [3.05, 3.63) is 36.1 Å². The number of amides is 1. The maximum absolute atomic E-state index is 12.1.